The molecule has 56 valence electrons. The van der Waals surface area contributed by atoms with Gasteiger partial charge in [-0.15, -0.1) is 12.3 Å². The molecule has 0 heterocycles. The average Bonchev–Trinajstić information content (AvgIpc) is 1.99. The van der Waals surface area contributed by atoms with Crippen molar-refractivity contribution in [3.8, 4) is 12.3 Å². The number of ether oxygens (including phenoxy) is 1. The van der Waals surface area contributed by atoms with E-state index in [4.69, 9.17) is 6.42 Å². The fourth-order valence-corrected chi connectivity index (χ4v) is 0.520. The second-order valence-corrected chi connectivity index (χ2v) is 2.18. The number of methoxy groups -OCH3 is 1. The third-order valence-corrected chi connectivity index (χ3v) is 1.29. The Hall–Kier alpha value is -0.970. The Balaban J connectivity index is 3.37. The van der Waals surface area contributed by atoms with Crippen LogP contribution >= 0.6 is 0 Å². The molecule has 0 aromatic carbocycles. The summed E-state index contributed by atoms with van der Waals surface area (Å²) in [4.78, 5) is 10.5. The van der Waals surface area contributed by atoms with Crippen LogP contribution < -0.4 is 0 Å². The molecule has 0 amide bonds. The van der Waals surface area contributed by atoms with Crippen LogP contribution in [0.3, 0.4) is 0 Å². The summed E-state index contributed by atoms with van der Waals surface area (Å²) in [7, 11) is 1.38. The molecule has 0 bridgehead atoms. The first-order valence-corrected chi connectivity index (χ1v) is 3.23. The molecule has 2 heteroatoms. The minimum Gasteiger partial charge on any atom is -0.469 e. The fourth-order valence-electron chi connectivity index (χ4n) is 0.520. The van der Waals surface area contributed by atoms with E-state index < -0.39 is 0 Å². The van der Waals surface area contributed by atoms with Gasteiger partial charge in [0.25, 0.3) is 0 Å². The average molecular weight is 140 g/mol. The lowest BCUT2D eigenvalue weighted by Gasteiger charge is -2.00. The molecule has 0 spiro atoms. The van der Waals surface area contributed by atoms with Crippen LogP contribution in [0, 0.1) is 18.3 Å². The highest BCUT2D eigenvalue weighted by atomic mass is 16.5. The maximum Gasteiger partial charge on any atom is 0.305 e. The Morgan fingerprint density at radius 1 is 1.80 bits per heavy atom. The van der Waals surface area contributed by atoms with Gasteiger partial charge in [0.2, 0.25) is 0 Å². The fraction of sp³-hybridized carbons (Fsp3) is 0.625. The highest BCUT2D eigenvalue weighted by Gasteiger charge is 2.02. The van der Waals surface area contributed by atoms with Crippen molar-refractivity contribution in [3.05, 3.63) is 0 Å². The molecule has 0 radical (unpaired) electrons. The molecule has 0 aromatic rings. The maximum absolute atomic E-state index is 10.5. The number of esters is 1. The Morgan fingerprint density at radius 3 is 2.80 bits per heavy atom. The maximum atomic E-state index is 10.5. The molecule has 0 aliphatic heterocycles. The molecule has 0 aromatic heterocycles. The molecule has 0 fully saturated rings. The molecule has 2 nitrogen and oxygen atoms in total. The van der Waals surface area contributed by atoms with Gasteiger partial charge in [-0.05, 0) is 6.42 Å². The van der Waals surface area contributed by atoms with Crippen LogP contribution in [-0.2, 0) is 9.53 Å². The minimum absolute atomic E-state index is 0.166. The lowest BCUT2D eigenvalue weighted by atomic mass is 10.1. The van der Waals surface area contributed by atoms with E-state index in [0.717, 1.165) is 0 Å². The second kappa shape index (κ2) is 4.87. The number of carbonyl (C=O) groups excluding carboxylic acids is 1. The van der Waals surface area contributed by atoms with Crippen LogP contribution in [0.15, 0.2) is 0 Å². The molecular weight excluding hydrogens is 128 g/mol. The lowest BCUT2D eigenvalue weighted by Crippen LogP contribution is -2.02. The van der Waals surface area contributed by atoms with Crippen LogP contribution in [0.1, 0.15) is 19.8 Å². The number of rotatable bonds is 3. The number of hydrogen-bond donors (Lipinski definition) is 0. The molecule has 10 heavy (non-hydrogen) atoms. The Bertz CT molecular complexity index is 144. The third kappa shape index (κ3) is 3.96. The van der Waals surface area contributed by atoms with Gasteiger partial charge in [-0.25, -0.2) is 0 Å². The monoisotopic (exact) mass is 140 g/mol. The van der Waals surface area contributed by atoms with Crippen LogP contribution in [-0.4, -0.2) is 13.1 Å². The summed E-state index contributed by atoms with van der Waals surface area (Å²) >= 11 is 0. The predicted octanol–water partition coefficient (Wildman–Crippen LogP) is 1.21. The van der Waals surface area contributed by atoms with Gasteiger partial charge < -0.3 is 4.74 Å². The smallest absolute Gasteiger partial charge is 0.305 e. The van der Waals surface area contributed by atoms with Crippen molar-refractivity contribution in [2.75, 3.05) is 7.11 Å². The van der Waals surface area contributed by atoms with Crippen molar-refractivity contribution < 1.29 is 9.53 Å². The molecule has 0 saturated heterocycles. The molecule has 0 saturated carbocycles. The number of hydrogen-bond acceptors (Lipinski definition) is 2. The molecule has 1 atom stereocenters. The second-order valence-electron chi connectivity index (χ2n) is 2.18. The lowest BCUT2D eigenvalue weighted by molar-refractivity contribution is -0.140. The zero-order chi connectivity index (χ0) is 7.98. The van der Waals surface area contributed by atoms with Gasteiger partial charge in [-0.1, -0.05) is 6.92 Å². The van der Waals surface area contributed by atoms with Gasteiger partial charge in [0, 0.05) is 12.3 Å². The Kier molecular flexibility index (Phi) is 4.39. The third-order valence-electron chi connectivity index (χ3n) is 1.29. The van der Waals surface area contributed by atoms with Crippen molar-refractivity contribution in [3.63, 3.8) is 0 Å². The van der Waals surface area contributed by atoms with Crippen molar-refractivity contribution in [2.24, 2.45) is 5.92 Å². The molecule has 0 N–H and O–H groups in total. The van der Waals surface area contributed by atoms with Crippen molar-refractivity contribution in [2.45, 2.75) is 19.8 Å². The first kappa shape index (κ1) is 9.03. The number of carbonyl (C=O) groups is 1. The van der Waals surface area contributed by atoms with E-state index in [2.05, 4.69) is 10.7 Å². The standard InChI is InChI=1S/C8H12O2/c1-4-7(2)5-6-8(9)10-3/h1,7H,5-6H2,2-3H3/t7-/m1/s1. The normalized spacial score (nSPS) is 11.7. The van der Waals surface area contributed by atoms with Gasteiger partial charge >= 0.3 is 5.97 Å². The molecule has 0 unspecified atom stereocenters. The molecule has 0 rings (SSSR count). The van der Waals surface area contributed by atoms with E-state index in [9.17, 15) is 4.79 Å². The van der Waals surface area contributed by atoms with E-state index in [1.807, 2.05) is 6.92 Å². The summed E-state index contributed by atoms with van der Waals surface area (Å²) in [5.74, 6) is 2.51. The summed E-state index contributed by atoms with van der Waals surface area (Å²) in [5, 5.41) is 0. The molecular formula is C8H12O2. The topological polar surface area (TPSA) is 26.3 Å². The first-order valence-electron chi connectivity index (χ1n) is 3.23. The highest BCUT2D eigenvalue weighted by molar-refractivity contribution is 5.69. The van der Waals surface area contributed by atoms with Gasteiger partial charge in [0.05, 0.1) is 7.11 Å². The summed E-state index contributed by atoms with van der Waals surface area (Å²) < 4.78 is 4.44. The number of terminal acetylenes is 1. The zero-order valence-electron chi connectivity index (χ0n) is 6.39. The largest absolute Gasteiger partial charge is 0.469 e. The van der Waals surface area contributed by atoms with E-state index in [1.165, 1.54) is 7.11 Å². The van der Waals surface area contributed by atoms with Crippen molar-refractivity contribution >= 4 is 5.97 Å². The Labute approximate surface area is 61.6 Å². The zero-order valence-corrected chi connectivity index (χ0v) is 6.39. The van der Waals surface area contributed by atoms with E-state index in [1.54, 1.807) is 0 Å². The van der Waals surface area contributed by atoms with Crippen LogP contribution in [0.2, 0.25) is 0 Å². The van der Waals surface area contributed by atoms with Crippen LogP contribution in [0.4, 0.5) is 0 Å². The first-order chi connectivity index (χ1) is 4.70. The van der Waals surface area contributed by atoms with Crippen molar-refractivity contribution in [1.29, 1.82) is 0 Å². The molecule has 0 aliphatic rings. The van der Waals surface area contributed by atoms with Gasteiger partial charge in [-0.3, -0.25) is 4.79 Å². The quantitative estimate of drug-likeness (QED) is 0.435. The summed E-state index contributed by atoms with van der Waals surface area (Å²) in [6.07, 6.45) is 6.23. The van der Waals surface area contributed by atoms with Gasteiger partial charge in [-0.2, -0.15) is 0 Å². The van der Waals surface area contributed by atoms with Crippen molar-refractivity contribution in [1.82, 2.24) is 0 Å². The summed E-state index contributed by atoms with van der Waals surface area (Å²) in [6.45, 7) is 1.91. The minimum atomic E-state index is -0.192. The summed E-state index contributed by atoms with van der Waals surface area (Å²) in [6, 6.07) is 0. The molecule has 0 aliphatic carbocycles. The Morgan fingerprint density at radius 2 is 2.40 bits per heavy atom. The van der Waals surface area contributed by atoms with Crippen LogP contribution in [0.25, 0.3) is 0 Å². The van der Waals surface area contributed by atoms with E-state index in [-0.39, 0.29) is 11.9 Å². The SMILES string of the molecule is C#C[C@@H](C)CCC(=O)OC. The van der Waals surface area contributed by atoms with Crippen LogP contribution in [0.5, 0.6) is 0 Å². The van der Waals surface area contributed by atoms with Gasteiger partial charge in [0.15, 0.2) is 0 Å². The predicted molar refractivity (Wildman–Crippen MR) is 39.2 cm³/mol. The van der Waals surface area contributed by atoms with E-state index >= 15 is 0 Å². The van der Waals surface area contributed by atoms with Gasteiger partial charge in [0.1, 0.15) is 0 Å². The van der Waals surface area contributed by atoms with E-state index in [0.29, 0.717) is 12.8 Å². The highest BCUT2D eigenvalue weighted by Crippen LogP contribution is 2.03. The summed E-state index contributed by atoms with van der Waals surface area (Å²) in [5.41, 5.74) is 0.